The number of rotatable bonds is 4. The molecule has 1 spiro atoms. The van der Waals surface area contributed by atoms with E-state index in [1.54, 1.807) is 0 Å². The molecular weight excluding hydrogens is 414 g/mol. The lowest BCUT2D eigenvalue weighted by atomic mass is 9.63. The predicted molar refractivity (Wildman–Crippen MR) is 103 cm³/mol. The zero-order valence-corrected chi connectivity index (χ0v) is 16.4. The van der Waals surface area contributed by atoms with E-state index in [0.717, 1.165) is 22.0 Å². The second-order valence-electron chi connectivity index (χ2n) is 7.56. The molecule has 0 aromatic heterocycles. The molecule has 1 unspecified atom stereocenters. The van der Waals surface area contributed by atoms with Crippen LogP contribution in [-0.2, 0) is 11.2 Å². The number of carbonyl (C=O) groups excluding carboxylic acids is 1. The van der Waals surface area contributed by atoms with Gasteiger partial charge in [-0.2, -0.15) is 8.78 Å². The fourth-order valence-corrected chi connectivity index (χ4v) is 5.23. The van der Waals surface area contributed by atoms with E-state index in [0.29, 0.717) is 25.7 Å². The average molecular weight is 435 g/mol. The van der Waals surface area contributed by atoms with Crippen molar-refractivity contribution in [2.24, 2.45) is 5.41 Å². The van der Waals surface area contributed by atoms with E-state index in [1.165, 1.54) is 5.56 Å². The van der Waals surface area contributed by atoms with Crippen LogP contribution >= 0.6 is 15.9 Å². The highest BCUT2D eigenvalue weighted by Gasteiger charge is 2.54. The quantitative estimate of drug-likeness (QED) is 0.577. The summed E-state index contributed by atoms with van der Waals surface area (Å²) in [6, 6.07) is 16.1. The highest BCUT2D eigenvalue weighted by Crippen LogP contribution is 2.56. The average Bonchev–Trinajstić information content (AvgIpc) is 2.87. The molecule has 0 N–H and O–H groups in total. The molecule has 0 aliphatic heterocycles. The number of ketones is 1. The summed E-state index contributed by atoms with van der Waals surface area (Å²) in [7, 11) is 0. The lowest BCUT2D eigenvalue weighted by Crippen LogP contribution is -2.39. The summed E-state index contributed by atoms with van der Waals surface area (Å²) in [6.45, 7) is -2.75. The molecule has 2 nitrogen and oxygen atoms in total. The summed E-state index contributed by atoms with van der Waals surface area (Å²) in [6.07, 6.45) is 2.49. The Morgan fingerprint density at radius 1 is 1.11 bits per heavy atom. The van der Waals surface area contributed by atoms with Gasteiger partial charge in [-0.05, 0) is 55.4 Å². The number of ether oxygens (including phenoxy) is 1. The third-order valence-corrected chi connectivity index (χ3v) is 6.65. The fraction of sp³-hybridized carbons (Fsp3) is 0.409. The first-order valence-electron chi connectivity index (χ1n) is 9.31. The van der Waals surface area contributed by atoms with Crippen molar-refractivity contribution in [2.45, 2.75) is 50.7 Å². The van der Waals surface area contributed by atoms with E-state index in [1.807, 2.05) is 36.4 Å². The Balaban J connectivity index is 1.68. The highest BCUT2D eigenvalue weighted by atomic mass is 79.9. The summed E-state index contributed by atoms with van der Waals surface area (Å²) in [5, 5.41) is 0. The predicted octanol–water partition coefficient (Wildman–Crippen LogP) is 6.14. The smallest absolute Gasteiger partial charge is 0.320 e. The molecular formula is C22H21BrF2O2. The largest absolute Gasteiger partial charge is 0.345 e. The van der Waals surface area contributed by atoms with Crippen LogP contribution in [0.25, 0.3) is 0 Å². The number of carbonyl (C=O) groups is 1. The monoisotopic (exact) mass is 434 g/mol. The van der Waals surface area contributed by atoms with Crippen molar-refractivity contribution in [3.8, 4) is 0 Å². The van der Waals surface area contributed by atoms with Crippen LogP contribution in [0.4, 0.5) is 8.78 Å². The molecule has 1 saturated carbocycles. The molecule has 2 aromatic rings. The first-order valence-corrected chi connectivity index (χ1v) is 10.1. The van der Waals surface area contributed by atoms with E-state index in [-0.39, 0.29) is 11.7 Å². The fourth-order valence-electron chi connectivity index (χ4n) is 4.87. The molecule has 27 heavy (non-hydrogen) atoms. The number of fused-ring (bicyclic) bond motifs is 1. The standard InChI is InChI=1S/C22H21BrF2O2/c23-15-6-7-17-18(13-15)20(26)22(10-8-16(9-11-22)27-21(24)25)19(17)12-14-4-2-1-3-5-14/h1-7,13,16,19,21H,8-12H2. The first-order chi connectivity index (χ1) is 13.0. The Labute approximate surface area is 166 Å². The molecule has 2 aliphatic rings. The lowest BCUT2D eigenvalue weighted by molar-refractivity contribution is -0.173. The molecule has 142 valence electrons. The van der Waals surface area contributed by atoms with Gasteiger partial charge in [0.15, 0.2) is 5.78 Å². The van der Waals surface area contributed by atoms with Gasteiger partial charge in [-0.3, -0.25) is 4.79 Å². The molecule has 0 bridgehead atoms. The van der Waals surface area contributed by atoms with Crippen molar-refractivity contribution in [3.63, 3.8) is 0 Å². The Morgan fingerprint density at radius 3 is 2.48 bits per heavy atom. The maximum atomic E-state index is 13.4. The number of alkyl halides is 2. The molecule has 2 aromatic carbocycles. The summed E-state index contributed by atoms with van der Waals surface area (Å²) >= 11 is 3.47. The zero-order chi connectivity index (χ0) is 19.0. The Morgan fingerprint density at radius 2 is 1.81 bits per heavy atom. The van der Waals surface area contributed by atoms with Gasteiger partial charge >= 0.3 is 6.61 Å². The van der Waals surface area contributed by atoms with Crippen molar-refractivity contribution < 1.29 is 18.3 Å². The van der Waals surface area contributed by atoms with Gasteiger partial charge in [-0.1, -0.05) is 52.3 Å². The number of Topliss-reactive ketones (excluding diaryl/α,β-unsaturated/α-hetero) is 1. The number of halogens is 3. The van der Waals surface area contributed by atoms with Gasteiger partial charge in [-0.15, -0.1) is 0 Å². The SMILES string of the molecule is O=C1c2cc(Br)ccc2C(Cc2ccccc2)C12CCC(OC(F)F)CC2. The van der Waals surface area contributed by atoms with Crippen LogP contribution in [0.2, 0.25) is 0 Å². The van der Waals surface area contributed by atoms with Crippen LogP contribution in [-0.4, -0.2) is 18.5 Å². The normalized spacial score (nSPS) is 27.3. The Hall–Kier alpha value is -1.59. The van der Waals surface area contributed by atoms with Crippen molar-refractivity contribution in [1.29, 1.82) is 0 Å². The van der Waals surface area contributed by atoms with E-state index in [2.05, 4.69) is 28.1 Å². The molecule has 5 heteroatoms. The van der Waals surface area contributed by atoms with Crippen molar-refractivity contribution in [3.05, 3.63) is 69.7 Å². The van der Waals surface area contributed by atoms with E-state index in [9.17, 15) is 13.6 Å². The number of hydrogen-bond acceptors (Lipinski definition) is 2. The Bertz CT molecular complexity index is 829. The molecule has 1 fully saturated rings. The van der Waals surface area contributed by atoms with Gasteiger partial charge in [0.25, 0.3) is 0 Å². The summed E-state index contributed by atoms with van der Waals surface area (Å²) in [5.41, 5.74) is 2.54. The number of hydrogen-bond donors (Lipinski definition) is 0. The summed E-state index contributed by atoms with van der Waals surface area (Å²) in [4.78, 5) is 13.4. The molecule has 0 heterocycles. The zero-order valence-electron chi connectivity index (χ0n) is 14.8. The molecule has 1 atom stereocenters. The van der Waals surface area contributed by atoms with Gasteiger partial charge in [0.2, 0.25) is 0 Å². The maximum Gasteiger partial charge on any atom is 0.345 e. The van der Waals surface area contributed by atoms with Crippen molar-refractivity contribution in [1.82, 2.24) is 0 Å². The molecule has 0 amide bonds. The van der Waals surface area contributed by atoms with Gasteiger partial charge in [0, 0.05) is 21.4 Å². The summed E-state index contributed by atoms with van der Waals surface area (Å²) < 4.78 is 30.8. The van der Waals surface area contributed by atoms with Crippen LogP contribution in [0, 0.1) is 5.41 Å². The number of benzene rings is 2. The third kappa shape index (κ3) is 3.47. The van der Waals surface area contributed by atoms with E-state index in [4.69, 9.17) is 4.74 Å². The topological polar surface area (TPSA) is 26.3 Å². The molecule has 4 rings (SSSR count). The highest BCUT2D eigenvalue weighted by molar-refractivity contribution is 9.10. The van der Waals surface area contributed by atoms with Crippen LogP contribution in [0.15, 0.2) is 53.0 Å². The van der Waals surface area contributed by atoms with Crippen LogP contribution in [0.5, 0.6) is 0 Å². The third-order valence-electron chi connectivity index (χ3n) is 6.16. The summed E-state index contributed by atoms with van der Waals surface area (Å²) in [5.74, 6) is 0.234. The minimum Gasteiger partial charge on any atom is -0.320 e. The molecule has 2 aliphatic carbocycles. The minimum absolute atomic E-state index is 0.0722. The van der Waals surface area contributed by atoms with Crippen LogP contribution in [0.1, 0.15) is 53.1 Å². The molecule has 0 radical (unpaired) electrons. The maximum absolute atomic E-state index is 13.4. The van der Waals surface area contributed by atoms with Crippen molar-refractivity contribution in [2.75, 3.05) is 0 Å². The first kappa shape index (κ1) is 18.8. The Kier molecular flexibility index (Phi) is 5.17. The van der Waals surface area contributed by atoms with Gasteiger partial charge in [0.05, 0.1) is 6.10 Å². The van der Waals surface area contributed by atoms with Gasteiger partial charge < -0.3 is 4.74 Å². The lowest BCUT2D eigenvalue weighted by Gasteiger charge is -2.40. The van der Waals surface area contributed by atoms with E-state index >= 15 is 0 Å². The van der Waals surface area contributed by atoms with Gasteiger partial charge in [0.1, 0.15) is 0 Å². The van der Waals surface area contributed by atoms with Gasteiger partial charge in [-0.25, -0.2) is 0 Å². The van der Waals surface area contributed by atoms with Crippen LogP contribution in [0.3, 0.4) is 0 Å². The second-order valence-corrected chi connectivity index (χ2v) is 8.47. The van der Waals surface area contributed by atoms with Crippen molar-refractivity contribution >= 4 is 21.7 Å². The second kappa shape index (κ2) is 7.44. The minimum atomic E-state index is -2.75. The molecule has 0 saturated heterocycles. The van der Waals surface area contributed by atoms with Crippen LogP contribution < -0.4 is 0 Å². The van der Waals surface area contributed by atoms with E-state index < -0.39 is 18.1 Å².